The number of H-pyrrole nitrogens is 1. The van der Waals surface area contributed by atoms with Crippen LogP contribution in [0.25, 0.3) is 11.3 Å². The highest BCUT2D eigenvalue weighted by atomic mass is 32.2. The maximum atomic E-state index is 13.6. The molecule has 3 aromatic rings. The number of rotatable bonds is 5. The zero-order chi connectivity index (χ0) is 19.4. The molecule has 0 aliphatic carbocycles. The summed E-state index contributed by atoms with van der Waals surface area (Å²) in [6.45, 7) is 0.0324. The van der Waals surface area contributed by atoms with Gasteiger partial charge in [0.2, 0.25) is 0 Å². The largest absolute Gasteiger partial charge is 0.486 e. The minimum Gasteiger partial charge on any atom is -0.486 e. The van der Waals surface area contributed by atoms with Gasteiger partial charge in [0.15, 0.2) is 16.7 Å². The Morgan fingerprint density at radius 1 is 1.22 bits per heavy atom. The summed E-state index contributed by atoms with van der Waals surface area (Å²) in [4.78, 5) is 18.8. The molecule has 0 atom stereocenters. The molecule has 1 N–H and O–H groups in total. The van der Waals surface area contributed by atoms with Gasteiger partial charge in [0.1, 0.15) is 24.1 Å². The van der Waals surface area contributed by atoms with Crippen LogP contribution in [0.15, 0.2) is 52.4 Å². The number of ether oxygens (including phenoxy) is 1. The summed E-state index contributed by atoms with van der Waals surface area (Å²) in [7, 11) is 0. The third-order valence-corrected chi connectivity index (χ3v) is 4.30. The molecule has 0 unspecified atom stereocenters. The van der Waals surface area contributed by atoms with E-state index in [9.17, 15) is 18.8 Å². The number of benzene rings is 2. The number of aromatic nitrogens is 2. The number of thioether (sulfide) groups is 1. The Bertz CT molecular complexity index is 1080. The second-order valence-electron chi connectivity index (χ2n) is 5.47. The van der Waals surface area contributed by atoms with Crippen LogP contribution in [-0.4, -0.2) is 16.2 Å². The van der Waals surface area contributed by atoms with Crippen molar-refractivity contribution in [1.82, 2.24) is 9.97 Å². The molecule has 0 saturated carbocycles. The average molecular weight is 385 g/mol. The predicted molar refractivity (Wildman–Crippen MR) is 97.5 cm³/mol. The Kier molecular flexibility index (Phi) is 5.52. The lowest BCUT2D eigenvalue weighted by molar-refractivity contribution is 0.288. The molecular formula is C19H13F2N3O2S. The number of nitrogens with one attached hydrogen (secondary N) is 1. The van der Waals surface area contributed by atoms with Crippen LogP contribution >= 0.6 is 11.8 Å². The third kappa shape index (κ3) is 4.15. The van der Waals surface area contributed by atoms with Crippen LogP contribution in [-0.2, 0) is 6.61 Å². The molecule has 8 heteroatoms. The Hall–Kier alpha value is -3.18. The molecule has 136 valence electrons. The molecule has 0 amide bonds. The van der Waals surface area contributed by atoms with Crippen molar-refractivity contribution in [1.29, 1.82) is 5.26 Å². The van der Waals surface area contributed by atoms with Gasteiger partial charge in [0.05, 0.1) is 5.69 Å². The summed E-state index contributed by atoms with van der Waals surface area (Å²) < 4.78 is 32.1. The number of nitriles is 1. The minimum atomic E-state index is -0.649. The minimum absolute atomic E-state index is 0.0324. The van der Waals surface area contributed by atoms with Crippen molar-refractivity contribution in [2.75, 3.05) is 6.26 Å². The molecule has 0 aliphatic rings. The van der Waals surface area contributed by atoms with Crippen molar-refractivity contribution in [2.45, 2.75) is 11.8 Å². The first-order chi connectivity index (χ1) is 13.0. The molecule has 3 rings (SSSR count). The quantitative estimate of drug-likeness (QED) is 0.533. The number of nitrogens with zero attached hydrogens (tertiary/aromatic N) is 2. The second-order valence-corrected chi connectivity index (χ2v) is 6.27. The average Bonchev–Trinajstić information content (AvgIpc) is 2.68. The highest BCUT2D eigenvalue weighted by molar-refractivity contribution is 7.98. The number of hydrogen-bond donors (Lipinski definition) is 1. The molecule has 2 aromatic carbocycles. The van der Waals surface area contributed by atoms with Crippen LogP contribution in [0.3, 0.4) is 0 Å². The summed E-state index contributed by atoms with van der Waals surface area (Å²) >= 11 is 1.26. The maximum Gasteiger partial charge on any atom is 0.270 e. The molecule has 5 nitrogen and oxygen atoms in total. The van der Waals surface area contributed by atoms with Gasteiger partial charge in [-0.05, 0) is 24.0 Å². The van der Waals surface area contributed by atoms with Crippen molar-refractivity contribution >= 4 is 11.8 Å². The molecule has 0 radical (unpaired) electrons. The van der Waals surface area contributed by atoms with Crippen LogP contribution < -0.4 is 10.3 Å². The van der Waals surface area contributed by atoms with Crippen LogP contribution in [0.5, 0.6) is 5.75 Å². The molecule has 1 aromatic heterocycles. The first-order valence-corrected chi connectivity index (χ1v) is 9.00. The summed E-state index contributed by atoms with van der Waals surface area (Å²) in [5.41, 5.74) is 1.01. The number of hydrogen-bond acceptors (Lipinski definition) is 5. The third-order valence-electron chi connectivity index (χ3n) is 3.72. The van der Waals surface area contributed by atoms with Crippen molar-refractivity contribution in [3.05, 3.63) is 75.6 Å². The molecule has 0 spiro atoms. The summed E-state index contributed by atoms with van der Waals surface area (Å²) in [5, 5.41) is 9.64. The highest BCUT2D eigenvalue weighted by Gasteiger charge is 2.13. The fourth-order valence-corrected chi connectivity index (χ4v) is 2.75. The molecule has 0 fully saturated rings. The monoisotopic (exact) mass is 385 g/mol. The lowest BCUT2D eigenvalue weighted by Gasteiger charge is -2.09. The standard InChI is InChI=1S/C19H13F2N3O2S/c1-27-19-23-17(14(9-22)18(25)24-19)12-4-2-11(3-5-12)10-26-16-8-13(20)6-7-15(16)21/h2-8H,10H2,1H3,(H,23,24,25). The zero-order valence-electron chi connectivity index (χ0n) is 14.1. The van der Waals surface area contributed by atoms with Crippen LogP contribution in [0.2, 0.25) is 0 Å². The van der Waals surface area contributed by atoms with E-state index in [2.05, 4.69) is 9.97 Å². The molecule has 0 aliphatic heterocycles. The van der Waals surface area contributed by atoms with E-state index in [1.807, 2.05) is 6.07 Å². The van der Waals surface area contributed by atoms with Gasteiger partial charge in [-0.25, -0.2) is 13.8 Å². The van der Waals surface area contributed by atoms with E-state index in [0.717, 1.165) is 18.2 Å². The van der Waals surface area contributed by atoms with E-state index >= 15 is 0 Å². The van der Waals surface area contributed by atoms with Gasteiger partial charge in [-0.1, -0.05) is 36.0 Å². The fraction of sp³-hybridized carbons (Fsp3) is 0.105. The normalized spacial score (nSPS) is 10.4. The Balaban J connectivity index is 1.84. The SMILES string of the molecule is CSc1nc(-c2ccc(COc3cc(F)ccc3F)cc2)c(C#N)c(=O)[nH]1. The lowest BCUT2D eigenvalue weighted by Crippen LogP contribution is -2.14. The van der Waals surface area contributed by atoms with E-state index < -0.39 is 17.2 Å². The molecule has 0 saturated heterocycles. The van der Waals surface area contributed by atoms with Gasteiger partial charge in [-0.3, -0.25) is 4.79 Å². The van der Waals surface area contributed by atoms with Crippen LogP contribution in [0.4, 0.5) is 8.78 Å². The van der Waals surface area contributed by atoms with Crippen LogP contribution in [0.1, 0.15) is 11.1 Å². The van der Waals surface area contributed by atoms with E-state index in [1.54, 1.807) is 30.5 Å². The van der Waals surface area contributed by atoms with E-state index in [0.29, 0.717) is 16.3 Å². The van der Waals surface area contributed by atoms with Gasteiger partial charge in [-0.2, -0.15) is 5.26 Å². The zero-order valence-corrected chi connectivity index (χ0v) is 14.9. The number of aromatic amines is 1. The van der Waals surface area contributed by atoms with Crippen LogP contribution in [0, 0.1) is 23.0 Å². The van der Waals surface area contributed by atoms with Gasteiger partial charge in [0.25, 0.3) is 5.56 Å². The fourth-order valence-electron chi connectivity index (χ4n) is 2.37. The Labute approximate surface area is 157 Å². The molecule has 1 heterocycles. The topological polar surface area (TPSA) is 78.8 Å². The van der Waals surface area contributed by atoms with E-state index in [4.69, 9.17) is 4.74 Å². The Morgan fingerprint density at radius 2 is 1.96 bits per heavy atom. The first-order valence-electron chi connectivity index (χ1n) is 7.77. The summed E-state index contributed by atoms with van der Waals surface area (Å²) in [6, 6.07) is 11.6. The molecular weight excluding hydrogens is 372 g/mol. The lowest BCUT2D eigenvalue weighted by atomic mass is 10.1. The van der Waals surface area contributed by atoms with Gasteiger partial charge in [-0.15, -0.1) is 0 Å². The van der Waals surface area contributed by atoms with Crippen molar-refractivity contribution in [2.24, 2.45) is 0 Å². The van der Waals surface area contributed by atoms with Gasteiger partial charge >= 0.3 is 0 Å². The van der Waals surface area contributed by atoms with E-state index in [1.165, 1.54) is 11.8 Å². The smallest absolute Gasteiger partial charge is 0.270 e. The maximum absolute atomic E-state index is 13.6. The number of halogens is 2. The molecule has 27 heavy (non-hydrogen) atoms. The van der Waals surface area contributed by atoms with Gasteiger partial charge in [0, 0.05) is 11.6 Å². The second kappa shape index (κ2) is 8.01. The Morgan fingerprint density at radius 3 is 2.63 bits per heavy atom. The molecule has 0 bridgehead atoms. The highest BCUT2D eigenvalue weighted by Crippen LogP contribution is 2.23. The first kappa shape index (κ1) is 18.6. The van der Waals surface area contributed by atoms with Crippen molar-refractivity contribution in [3.63, 3.8) is 0 Å². The predicted octanol–water partition coefficient (Wildman–Crippen LogP) is 3.89. The van der Waals surface area contributed by atoms with E-state index in [-0.39, 0.29) is 23.6 Å². The van der Waals surface area contributed by atoms with Gasteiger partial charge < -0.3 is 9.72 Å². The summed E-state index contributed by atoms with van der Waals surface area (Å²) in [6.07, 6.45) is 1.76. The van der Waals surface area contributed by atoms with Crippen molar-refractivity contribution in [3.8, 4) is 23.1 Å². The van der Waals surface area contributed by atoms with Crippen molar-refractivity contribution < 1.29 is 13.5 Å². The summed E-state index contributed by atoms with van der Waals surface area (Å²) in [5.74, 6) is -1.41.